The molecule has 1 fully saturated rings. The Kier molecular flexibility index (Phi) is 4.98. The fourth-order valence-electron chi connectivity index (χ4n) is 1.43. The molecule has 1 amide bonds. The van der Waals surface area contributed by atoms with Crippen molar-refractivity contribution < 1.29 is 9.53 Å². The van der Waals surface area contributed by atoms with Crippen molar-refractivity contribution in [2.24, 2.45) is 10.2 Å². The first kappa shape index (κ1) is 14.1. The molecular weight excluding hydrogens is 330 g/mol. The molecule has 0 saturated carbocycles. The van der Waals surface area contributed by atoms with Crippen molar-refractivity contribution in [1.82, 2.24) is 5.32 Å². The van der Waals surface area contributed by atoms with Gasteiger partial charge in [-0.2, -0.15) is 5.10 Å². The van der Waals surface area contributed by atoms with E-state index in [0.717, 1.165) is 15.8 Å². The number of amides is 1. The van der Waals surface area contributed by atoms with Gasteiger partial charge in [0.25, 0.3) is 0 Å². The third-order valence-corrected chi connectivity index (χ3v) is 3.56. The lowest BCUT2D eigenvalue weighted by atomic mass is 10.2. The summed E-state index contributed by atoms with van der Waals surface area (Å²) in [7, 11) is 0. The Balaban J connectivity index is 2.13. The molecule has 1 heterocycles. The number of rotatable bonds is 4. The zero-order chi connectivity index (χ0) is 13.7. The molecule has 1 saturated heterocycles. The van der Waals surface area contributed by atoms with Gasteiger partial charge in [0.15, 0.2) is 5.17 Å². The minimum absolute atomic E-state index is 0.0450. The lowest BCUT2D eigenvalue weighted by Gasteiger charge is -2.06. The molecule has 0 unspecified atom stereocenters. The molecule has 100 valence electrons. The van der Waals surface area contributed by atoms with E-state index in [1.54, 1.807) is 6.21 Å². The van der Waals surface area contributed by atoms with Gasteiger partial charge >= 0.3 is 0 Å². The summed E-state index contributed by atoms with van der Waals surface area (Å²) >= 11 is 4.74. The smallest absolute Gasteiger partial charge is 0.236 e. The zero-order valence-corrected chi connectivity index (χ0v) is 12.6. The summed E-state index contributed by atoms with van der Waals surface area (Å²) < 4.78 is 6.43. The summed E-state index contributed by atoms with van der Waals surface area (Å²) in [6, 6.07) is 5.67. The molecule has 0 radical (unpaired) electrons. The van der Waals surface area contributed by atoms with E-state index < -0.39 is 0 Å². The topological polar surface area (TPSA) is 63.1 Å². The second-order valence-electron chi connectivity index (χ2n) is 3.60. The van der Waals surface area contributed by atoms with Gasteiger partial charge in [-0.25, -0.2) is 0 Å². The number of hydrogen-bond donors (Lipinski definition) is 1. The van der Waals surface area contributed by atoms with Crippen LogP contribution in [-0.4, -0.2) is 29.6 Å². The highest BCUT2D eigenvalue weighted by atomic mass is 79.9. The van der Waals surface area contributed by atoms with Crippen LogP contribution in [0.15, 0.2) is 32.9 Å². The molecule has 1 N–H and O–H groups in total. The highest BCUT2D eigenvalue weighted by Gasteiger charge is 2.15. The lowest BCUT2D eigenvalue weighted by molar-refractivity contribution is -0.116. The summed E-state index contributed by atoms with van der Waals surface area (Å²) in [6.45, 7) is 2.51. The van der Waals surface area contributed by atoms with Crippen LogP contribution in [0.4, 0.5) is 0 Å². The standard InChI is InChI=1S/C12H12BrN3O2S/c1-2-18-10-4-3-9(13)5-8(10)6-14-16-12-15-11(17)7-19-12/h3-6H,2,7H2,1H3,(H,15,16,17). The van der Waals surface area contributed by atoms with Crippen molar-refractivity contribution in [1.29, 1.82) is 0 Å². The Hall–Kier alpha value is -1.34. The van der Waals surface area contributed by atoms with Crippen LogP contribution in [0.2, 0.25) is 0 Å². The van der Waals surface area contributed by atoms with Crippen LogP contribution >= 0.6 is 27.7 Å². The van der Waals surface area contributed by atoms with Gasteiger partial charge in [0.2, 0.25) is 5.91 Å². The van der Waals surface area contributed by atoms with E-state index in [1.807, 2.05) is 25.1 Å². The molecule has 0 aliphatic carbocycles. The molecule has 0 atom stereocenters. The largest absolute Gasteiger partial charge is 0.493 e. The number of carbonyl (C=O) groups excluding carboxylic acids is 1. The molecule has 19 heavy (non-hydrogen) atoms. The van der Waals surface area contributed by atoms with Crippen LogP contribution in [0.25, 0.3) is 0 Å². The molecule has 0 bridgehead atoms. The third kappa shape index (κ3) is 4.07. The summed E-state index contributed by atoms with van der Waals surface area (Å²) in [5.41, 5.74) is 0.829. The normalized spacial score (nSPS) is 17.2. The lowest BCUT2D eigenvalue weighted by Crippen LogP contribution is -2.19. The van der Waals surface area contributed by atoms with Crippen LogP contribution in [-0.2, 0) is 4.79 Å². The number of hydrogen-bond acceptors (Lipinski definition) is 5. The van der Waals surface area contributed by atoms with Crippen LogP contribution in [0, 0.1) is 0 Å². The molecule has 1 aromatic carbocycles. The molecule has 1 aromatic rings. The quantitative estimate of drug-likeness (QED) is 0.675. The van der Waals surface area contributed by atoms with Gasteiger partial charge in [0, 0.05) is 10.0 Å². The minimum atomic E-state index is -0.0450. The van der Waals surface area contributed by atoms with E-state index in [2.05, 4.69) is 31.4 Å². The Morgan fingerprint density at radius 3 is 3.11 bits per heavy atom. The predicted octanol–water partition coefficient (Wildman–Crippen LogP) is 2.40. The Labute approximate surface area is 123 Å². The number of amidine groups is 1. The maximum Gasteiger partial charge on any atom is 0.236 e. The van der Waals surface area contributed by atoms with E-state index in [4.69, 9.17) is 4.74 Å². The first-order valence-corrected chi connectivity index (χ1v) is 7.43. The summed E-state index contributed by atoms with van der Waals surface area (Å²) in [5, 5.41) is 11.0. The van der Waals surface area contributed by atoms with Crippen LogP contribution in [0.1, 0.15) is 12.5 Å². The first-order chi connectivity index (χ1) is 9.19. The number of halogens is 1. The van der Waals surface area contributed by atoms with Gasteiger partial charge in [-0.1, -0.05) is 27.7 Å². The van der Waals surface area contributed by atoms with E-state index in [-0.39, 0.29) is 5.91 Å². The average Bonchev–Trinajstić information content (AvgIpc) is 2.79. The molecule has 2 rings (SSSR count). The van der Waals surface area contributed by atoms with E-state index >= 15 is 0 Å². The highest BCUT2D eigenvalue weighted by Crippen LogP contribution is 2.21. The van der Waals surface area contributed by atoms with Crippen molar-refractivity contribution in [3.05, 3.63) is 28.2 Å². The van der Waals surface area contributed by atoms with Crippen molar-refractivity contribution in [2.45, 2.75) is 6.92 Å². The molecule has 7 heteroatoms. The number of carbonyl (C=O) groups is 1. The van der Waals surface area contributed by atoms with Crippen LogP contribution in [0.5, 0.6) is 5.75 Å². The highest BCUT2D eigenvalue weighted by molar-refractivity contribution is 9.10. The number of thioether (sulfide) groups is 1. The van der Waals surface area contributed by atoms with Crippen LogP contribution in [0.3, 0.4) is 0 Å². The Morgan fingerprint density at radius 1 is 1.58 bits per heavy atom. The SMILES string of the molecule is CCOc1ccc(Br)cc1C=NN=C1NC(=O)CS1. The van der Waals surface area contributed by atoms with Crippen molar-refractivity contribution >= 4 is 45.0 Å². The van der Waals surface area contributed by atoms with Crippen molar-refractivity contribution in [3.63, 3.8) is 0 Å². The van der Waals surface area contributed by atoms with Gasteiger partial charge in [-0.15, -0.1) is 5.10 Å². The summed E-state index contributed by atoms with van der Waals surface area (Å²) in [6.07, 6.45) is 1.60. The second-order valence-corrected chi connectivity index (χ2v) is 5.48. The van der Waals surface area contributed by atoms with E-state index in [9.17, 15) is 4.79 Å². The monoisotopic (exact) mass is 341 g/mol. The average molecular weight is 342 g/mol. The zero-order valence-electron chi connectivity index (χ0n) is 10.2. The van der Waals surface area contributed by atoms with Gasteiger partial charge in [0.1, 0.15) is 5.75 Å². The summed E-state index contributed by atoms with van der Waals surface area (Å²) in [5.74, 6) is 1.10. The molecule has 0 aromatic heterocycles. The first-order valence-electron chi connectivity index (χ1n) is 5.65. The summed E-state index contributed by atoms with van der Waals surface area (Å²) in [4.78, 5) is 11.0. The number of ether oxygens (including phenoxy) is 1. The molecular formula is C12H12BrN3O2S. The minimum Gasteiger partial charge on any atom is -0.493 e. The van der Waals surface area contributed by atoms with E-state index in [1.165, 1.54) is 11.8 Å². The fourth-order valence-corrected chi connectivity index (χ4v) is 2.44. The van der Waals surface area contributed by atoms with Gasteiger partial charge in [-0.3, -0.25) is 4.79 Å². The van der Waals surface area contributed by atoms with Crippen molar-refractivity contribution in [2.75, 3.05) is 12.4 Å². The number of nitrogens with one attached hydrogen (secondary N) is 1. The number of benzene rings is 1. The molecule has 5 nitrogen and oxygen atoms in total. The molecule has 1 aliphatic heterocycles. The van der Waals surface area contributed by atoms with E-state index in [0.29, 0.717) is 17.5 Å². The molecule has 1 aliphatic rings. The predicted molar refractivity (Wildman–Crippen MR) is 80.9 cm³/mol. The van der Waals surface area contributed by atoms with Crippen molar-refractivity contribution in [3.8, 4) is 5.75 Å². The second kappa shape index (κ2) is 6.72. The maximum absolute atomic E-state index is 11.0. The van der Waals surface area contributed by atoms with Crippen LogP contribution < -0.4 is 10.1 Å². The Bertz CT molecular complexity index is 546. The maximum atomic E-state index is 11.0. The van der Waals surface area contributed by atoms with Gasteiger partial charge in [0.05, 0.1) is 18.6 Å². The van der Waals surface area contributed by atoms with Gasteiger partial charge in [-0.05, 0) is 25.1 Å². The van der Waals surface area contributed by atoms with Gasteiger partial charge < -0.3 is 10.1 Å². The Morgan fingerprint density at radius 2 is 2.42 bits per heavy atom. The molecule has 0 spiro atoms. The third-order valence-electron chi connectivity index (χ3n) is 2.20. The number of nitrogens with zero attached hydrogens (tertiary/aromatic N) is 2. The fraction of sp³-hybridized carbons (Fsp3) is 0.250.